The van der Waals surface area contributed by atoms with Crippen LogP contribution in [0.25, 0.3) is 0 Å². The van der Waals surface area contributed by atoms with Gasteiger partial charge in [-0.3, -0.25) is 9.69 Å². The summed E-state index contributed by atoms with van der Waals surface area (Å²) in [5.41, 5.74) is -1.05. The zero-order valence-electron chi connectivity index (χ0n) is 20.7. The fraction of sp³-hybridized carbons (Fsp3) is 0.500. The highest BCUT2D eigenvalue weighted by Crippen LogP contribution is 2.26. The van der Waals surface area contributed by atoms with Crippen molar-refractivity contribution in [3.8, 4) is 0 Å². The third kappa shape index (κ3) is 3.47. The van der Waals surface area contributed by atoms with E-state index in [1.165, 1.54) is 12.1 Å². The van der Waals surface area contributed by atoms with Gasteiger partial charge in [0.25, 0.3) is 0 Å². The van der Waals surface area contributed by atoms with Gasteiger partial charge in [0.1, 0.15) is 12.6 Å². The maximum absolute atomic E-state index is 12.5. The van der Waals surface area contributed by atoms with Crippen molar-refractivity contribution in [3.63, 3.8) is 0 Å². The minimum absolute atomic E-state index is 0.118. The SMILES string of the molecule is [2H]c1ccc(CC)c(N(C(=O)CCl)C([2H])([2H])OC([2H])([2H])C([2H])([2H])[2H])c1C([2H])([2H])[2H]. The molecule has 1 aromatic carbocycles. The Bertz CT molecular complexity index is 761. The fourth-order valence-electron chi connectivity index (χ4n) is 1.42. The average molecular weight is 281 g/mol. The normalized spacial score (nSPS) is 22.4. The predicted octanol–water partition coefficient (Wildman–Crippen LogP) is 3.12. The molecular weight excluding hydrogens is 250 g/mol. The van der Waals surface area contributed by atoms with Crippen LogP contribution in [0, 0.1) is 6.85 Å². The Kier molecular flexibility index (Phi) is 2.26. The minimum Gasteiger partial charge on any atom is -0.361 e. The van der Waals surface area contributed by atoms with Crippen LogP contribution in [0.1, 0.15) is 40.0 Å². The Morgan fingerprint density at radius 2 is 2.56 bits per heavy atom. The van der Waals surface area contributed by atoms with E-state index >= 15 is 0 Å². The molecule has 0 unspecified atom stereocenters. The molecule has 0 fully saturated rings. The molecule has 0 bridgehead atoms. The summed E-state index contributed by atoms with van der Waals surface area (Å²) in [6, 6.07) is 1.97. The molecule has 3 nitrogen and oxygen atoms in total. The number of halogens is 1. The first kappa shape index (κ1) is 5.51. The zero-order valence-corrected chi connectivity index (χ0v) is 10.5. The van der Waals surface area contributed by atoms with Crippen LogP contribution in [-0.2, 0) is 16.0 Å². The van der Waals surface area contributed by atoms with Crippen molar-refractivity contribution in [2.45, 2.75) is 27.0 Å². The molecule has 0 saturated carbocycles. The lowest BCUT2D eigenvalue weighted by atomic mass is 10.0. The van der Waals surface area contributed by atoms with Gasteiger partial charge in [-0.1, -0.05) is 25.1 Å². The van der Waals surface area contributed by atoms with Gasteiger partial charge < -0.3 is 4.74 Å². The topological polar surface area (TPSA) is 29.5 Å². The van der Waals surface area contributed by atoms with Crippen LogP contribution in [0.3, 0.4) is 0 Å². The number of carbonyl (C=O) groups is 1. The molecule has 100 valence electrons. The second-order valence-corrected chi connectivity index (χ2v) is 3.51. The van der Waals surface area contributed by atoms with E-state index in [0.29, 0.717) is 0 Å². The highest BCUT2D eigenvalue weighted by molar-refractivity contribution is 6.29. The van der Waals surface area contributed by atoms with Crippen LogP contribution < -0.4 is 4.90 Å². The number of hydrogen-bond donors (Lipinski definition) is 0. The molecule has 0 aromatic heterocycles. The lowest BCUT2D eigenvalue weighted by molar-refractivity contribution is -0.117. The highest BCUT2D eigenvalue weighted by Gasteiger charge is 2.19. The number of amides is 1. The summed E-state index contributed by atoms with van der Waals surface area (Å²) < 4.78 is 88.4. The molecule has 1 amide bonds. The third-order valence-corrected chi connectivity index (χ3v) is 2.44. The van der Waals surface area contributed by atoms with Gasteiger partial charge in [-0.15, -0.1) is 11.6 Å². The number of rotatable bonds is 6. The summed E-state index contributed by atoms with van der Waals surface area (Å²) in [5.74, 6) is -2.05. The van der Waals surface area contributed by atoms with E-state index in [9.17, 15) is 4.79 Å². The molecule has 0 aliphatic heterocycles. The van der Waals surface area contributed by atoms with Crippen LogP contribution in [0.4, 0.5) is 5.69 Å². The van der Waals surface area contributed by atoms with Gasteiger partial charge in [0.2, 0.25) is 5.91 Å². The fourth-order valence-corrected chi connectivity index (χ4v) is 1.54. The molecule has 0 atom stereocenters. The molecule has 1 aromatic rings. The van der Waals surface area contributed by atoms with E-state index in [1.807, 2.05) is 0 Å². The zero-order chi connectivity index (χ0) is 23.0. The molecule has 0 spiro atoms. The number of nitrogens with zero attached hydrogens (tertiary/aromatic N) is 1. The smallest absolute Gasteiger partial charge is 0.243 e. The van der Waals surface area contributed by atoms with E-state index < -0.39 is 56.0 Å². The number of hydrogen-bond acceptors (Lipinski definition) is 2. The molecule has 0 heterocycles. The summed E-state index contributed by atoms with van der Waals surface area (Å²) in [7, 11) is 0. The highest BCUT2D eigenvalue weighted by atomic mass is 35.5. The first-order valence-corrected chi connectivity index (χ1v) is 5.66. The Hall–Kier alpha value is -1.06. The Morgan fingerprint density at radius 3 is 3.17 bits per heavy atom. The van der Waals surface area contributed by atoms with Crippen LogP contribution in [0.5, 0.6) is 0 Å². The second kappa shape index (κ2) is 7.39. The number of aryl methyl sites for hydroxylation is 1. The lowest BCUT2D eigenvalue weighted by Gasteiger charge is -2.25. The van der Waals surface area contributed by atoms with E-state index in [4.69, 9.17) is 26.7 Å². The largest absolute Gasteiger partial charge is 0.361 e. The first-order valence-electron chi connectivity index (χ1n) is 10.6. The van der Waals surface area contributed by atoms with E-state index in [-0.39, 0.29) is 16.9 Å². The van der Waals surface area contributed by atoms with Crippen LogP contribution in [-0.4, -0.2) is 25.0 Å². The minimum atomic E-state index is -3.52. The number of ether oxygens (including phenoxy) is 1. The van der Waals surface area contributed by atoms with Crippen molar-refractivity contribution in [3.05, 3.63) is 29.3 Å². The Balaban J connectivity index is 3.83. The Labute approximate surface area is 129 Å². The van der Waals surface area contributed by atoms with Gasteiger partial charge in [0, 0.05) is 14.8 Å². The predicted molar refractivity (Wildman–Crippen MR) is 75.3 cm³/mol. The average Bonchev–Trinajstić information content (AvgIpc) is 2.51. The summed E-state index contributed by atoms with van der Waals surface area (Å²) in [6.07, 6.45) is 0.118. The van der Waals surface area contributed by atoms with Crippen molar-refractivity contribution < 1.29 is 24.6 Å². The second-order valence-electron chi connectivity index (χ2n) is 3.24. The van der Waals surface area contributed by atoms with Gasteiger partial charge in [-0.2, -0.15) is 0 Å². The van der Waals surface area contributed by atoms with Gasteiger partial charge in [0.05, 0.1) is 12.5 Å². The molecular formula is C14H20ClNO2. The lowest BCUT2D eigenvalue weighted by Crippen LogP contribution is -2.35. The number of benzene rings is 1. The van der Waals surface area contributed by atoms with Crippen LogP contribution in [0.15, 0.2) is 18.2 Å². The monoisotopic (exact) mass is 280 g/mol. The summed E-state index contributed by atoms with van der Waals surface area (Å²) >= 11 is 5.56. The number of para-hydroxylation sites is 1. The standard InChI is InChI=1S/C14H20ClNO2/c1-4-12-8-6-7-11(3)14(12)16(10-18-5-2)13(17)9-15/h6-8H,4-5,9-10H2,1-3H3/i2D3,3D3,5D2,7D,10D2. The van der Waals surface area contributed by atoms with Gasteiger partial charge in [-0.25, -0.2) is 0 Å². The molecule has 4 heteroatoms. The molecule has 0 saturated heterocycles. The first-order chi connectivity index (χ1) is 12.9. The number of alkyl halides is 1. The molecule has 18 heavy (non-hydrogen) atoms. The summed E-state index contributed by atoms with van der Waals surface area (Å²) in [4.78, 5) is 12.7. The Morgan fingerprint density at radius 1 is 1.72 bits per heavy atom. The molecule has 0 N–H and O–H groups in total. The quantitative estimate of drug-likeness (QED) is 0.592. The van der Waals surface area contributed by atoms with Crippen molar-refractivity contribution in [2.75, 3.05) is 24.0 Å². The maximum atomic E-state index is 12.5. The van der Waals surface area contributed by atoms with Crippen molar-refractivity contribution in [2.24, 2.45) is 0 Å². The van der Waals surface area contributed by atoms with Gasteiger partial charge >= 0.3 is 0 Å². The van der Waals surface area contributed by atoms with E-state index in [0.717, 1.165) is 0 Å². The molecule has 0 radical (unpaired) electrons. The van der Waals surface area contributed by atoms with Crippen LogP contribution in [0.2, 0.25) is 0 Å². The molecule has 0 aliphatic rings. The van der Waals surface area contributed by atoms with Gasteiger partial charge in [0.15, 0.2) is 0 Å². The maximum Gasteiger partial charge on any atom is 0.243 e. The summed E-state index contributed by atoms with van der Waals surface area (Å²) in [5, 5.41) is 0. The number of carbonyl (C=O) groups excluding carboxylic acids is 1. The third-order valence-electron chi connectivity index (χ3n) is 2.21. The van der Waals surface area contributed by atoms with E-state index in [2.05, 4.69) is 4.74 Å². The van der Waals surface area contributed by atoms with Crippen LogP contribution >= 0.6 is 11.6 Å². The van der Waals surface area contributed by atoms with E-state index in [1.54, 1.807) is 6.92 Å². The molecule has 0 aliphatic carbocycles. The summed E-state index contributed by atoms with van der Waals surface area (Å²) in [6.45, 7) is -11.7. The van der Waals surface area contributed by atoms with Crippen molar-refractivity contribution in [1.82, 2.24) is 0 Å². The van der Waals surface area contributed by atoms with Crippen molar-refractivity contribution >= 4 is 23.2 Å². The number of anilines is 1. The van der Waals surface area contributed by atoms with Gasteiger partial charge in [-0.05, 0) is 31.3 Å². The van der Waals surface area contributed by atoms with Crippen molar-refractivity contribution in [1.29, 1.82) is 0 Å². The molecule has 1 rings (SSSR count).